The van der Waals surface area contributed by atoms with E-state index in [-0.39, 0.29) is 11.9 Å². The maximum Gasteiger partial charge on any atom is 0.269 e. The third kappa shape index (κ3) is 3.12. The fourth-order valence-electron chi connectivity index (χ4n) is 3.29. The van der Waals surface area contributed by atoms with Crippen LogP contribution in [0.5, 0.6) is 0 Å². The Kier molecular flexibility index (Phi) is 3.78. The van der Waals surface area contributed by atoms with Crippen LogP contribution in [-0.4, -0.2) is 32.2 Å². The molecule has 116 valence electrons. The van der Waals surface area contributed by atoms with E-state index in [4.69, 9.17) is 0 Å². The monoisotopic (exact) mass is 291 g/mol. The minimum absolute atomic E-state index is 0.102. The number of imidazole rings is 1. The van der Waals surface area contributed by atoms with Crippen molar-refractivity contribution in [1.29, 1.82) is 0 Å². The highest BCUT2D eigenvalue weighted by molar-refractivity contribution is 5.92. The van der Waals surface area contributed by atoms with Gasteiger partial charge in [-0.15, -0.1) is 0 Å². The minimum atomic E-state index is -0.890. The Labute approximate surface area is 125 Å². The quantitative estimate of drug-likeness (QED) is 0.890. The largest absolute Gasteiger partial charge is 0.388 e. The Morgan fingerprint density at radius 3 is 2.86 bits per heavy atom. The van der Waals surface area contributed by atoms with Gasteiger partial charge in [0, 0.05) is 13.0 Å². The number of amides is 1. The average molecular weight is 291 g/mol. The van der Waals surface area contributed by atoms with E-state index in [1.807, 2.05) is 0 Å². The highest BCUT2D eigenvalue weighted by Gasteiger charge is 2.41. The summed E-state index contributed by atoms with van der Waals surface area (Å²) >= 11 is 0. The van der Waals surface area contributed by atoms with E-state index in [1.165, 1.54) is 6.42 Å². The van der Waals surface area contributed by atoms with Crippen molar-refractivity contribution in [3.63, 3.8) is 0 Å². The van der Waals surface area contributed by atoms with Crippen LogP contribution in [0, 0.1) is 5.92 Å². The predicted octanol–water partition coefficient (Wildman–Crippen LogP) is 1.89. The third-order valence-electron chi connectivity index (χ3n) is 4.59. The molecule has 1 amide bonds. The first-order valence-corrected chi connectivity index (χ1v) is 8.04. The molecule has 3 rings (SSSR count). The van der Waals surface area contributed by atoms with E-state index in [0.29, 0.717) is 11.6 Å². The second-order valence-electron chi connectivity index (χ2n) is 6.96. The van der Waals surface area contributed by atoms with E-state index in [1.54, 1.807) is 20.0 Å². The Balaban J connectivity index is 1.77. The van der Waals surface area contributed by atoms with Gasteiger partial charge in [0.2, 0.25) is 0 Å². The summed E-state index contributed by atoms with van der Waals surface area (Å²) in [6, 6.07) is -0.179. The van der Waals surface area contributed by atoms with Crippen molar-refractivity contribution < 1.29 is 9.90 Å². The van der Waals surface area contributed by atoms with Gasteiger partial charge in [0.25, 0.3) is 5.91 Å². The topological polar surface area (TPSA) is 67.2 Å². The number of rotatable bonds is 4. The van der Waals surface area contributed by atoms with Gasteiger partial charge >= 0.3 is 0 Å². The summed E-state index contributed by atoms with van der Waals surface area (Å²) in [7, 11) is 0. The summed E-state index contributed by atoms with van der Waals surface area (Å²) in [5.41, 5.74) is -0.250. The van der Waals surface area contributed by atoms with Gasteiger partial charge in [0.15, 0.2) is 0 Å². The molecule has 1 atom stereocenters. The highest BCUT2D eigenvalue weighted by atomic mass is 16.3. The first-order chi connectivity index (χ1) is 9.97. The smallest absolute Gasteiger partial charge is 0.269 e. The molecule has 2 heterocycles. The van der Waals surface area contributed by atoms with Crippen LogP contribution in [0.25, 0.3) is 0 Å². The summed E-state index contributed by atoms with van der Waals surface area (Å²) in [6.45, 7) is 4.41. The van der Waals surface area contributed by atoms with E-state index in [2.05, 4.69) is 14.9 Å². The van der Waals surface area contributed by atoms with Crippen molar-refractivity contribution in [3.05, 3.63) is 17.7 Å². The number of aromatic nitrogens is 2. The van der Waals surface area contributed by atoms with Gasteiger partial charge in [-0.25, -0.2) is 4.98 Å². The summed E-state index contributed by atoms with van der Waals surface area (Å²) in [5, 5.41) is 13.3. The van der Waals surface area contributed by atoms with Gasteiger partial charge in [0.1, 0.15) is 11.5 Å². The predicted molar refractivity (Wildman–Crippen MR) is 80.1 cm³/mol. The zero-order valence-electron chi connectivity index (χ0n) is 12.9. The van der Waals surface area contributed by atoms with Crippen molar-refractivity contribution >= 4 is 5.91 Å². The Hall–Kier alpha value is -1.36. The van der Waals surface area contributed by atoms with Crippen LogP contribution in [0.4, 0.5) is 0 Å². The second kappa shape index (κ2) is 5.44. The number of carbonyl (C=O) groups excluding carboxylic acids is 1. The van der Waals surface area contributed by atoms with Gasteiger partial charge < -0.3 is 15.0 Å². The van der Waals surface area contributed by atoms with E-state index < -0.39 is 5.60 Å². The number of carbonyl (C=O) groups is 1. The van der Waals surface area contributed by atoms with E-state index in [9.17, 15) is 9.90 Å². The first kappa shape index (κ1) is 14.6. The molecule has 2 N–H and O–H groups in total. The molecule has 1 aromatic rings. The summed E-state index contributed by atoms with van der Waals surface area (Å²) in [4.78, 5) is 17.0. The Bertz CT molecular complexity index is 526. The lowest BCUT2D eigenvalue weighted by Gasteiger charge is -2.30. The molecule has 0 aromatic carbocycles. The second-order valence-corrected chi connectivity index (χ2v) is 6.96. The Morgan fingerprint density at radius 1 is 1.43 bits per heavy atom. The van der Waals surface area contributed by atoms with Crippen LogP contribution in [-0.2, 0) is 13.0 Å². The van der Waals surface area contributed by atoms with Gasteiger partial charge in [-0.05, 0) is 45.4 Å². The number of aryl methyl sites for hydroxylation is 1. The molecule has 0 spiro atoms. The van der Waals surface area contributed by atoms with E-state index >= 15 is 0 Å². The van der Waals surface area contributed by atoms with E-state index in [0.717, 1.165) is 44.5 Å². The molecule has 5 heteroatoms. The number of hydrogen-bond acceptors (Lipinski definition) is 3. The zero-order valence-corrected chi connectivity index (χ0v) is 12.9. The zero-order chi connectivity index (χ0) is 15.0. The summed E-state index contributed by atoms with van der Waals surface area (Å²) in [5.74, 6) is 1.32. The molecule has 1 aliphatic heterocycles. The molecule has 1 fully saturated rings. The molecular weight excluding hydrogens is 266 g/mol. The van der Waals surface area contributed by atoms with Crippen LogP contribution in [0.15, 0.2) is 6.20 Å². The van der Waals surface area contributed by atoms with Gasteiger partial charge in [-0.3, -0.25) is 4.79 Å². The molecule has 2 aliphatic rings. The summed E-state index contributed by atoms with van der Waals surface area (Å²) < 4.78 is 2.05. The molecular formula is C16H25N3O2. The Morgan fingerprint density at radius 2 is 2.19 bits per heavy atom. The molecule has 0 bridgehead atoms. The normalized spacial score (nSPS) is 20.5. The number of hydrogen-bond donors (Lipinski definition) is 2. The fourth-order valence-corrected chi connectivity index (χ4v) is 3.29. The number of aliphatic hydroxyl groups is 1. The van der Waals surface area contributed by atoms with Crippen LogP contribution < -0.4 is 5.32 Å². The first-order valence-electron chi connectivity index (χ1n) is 8.04. The minimum Gasteiger partial charge on any atom is -0.388 e. The lowest BCUT2D eigenvalue weighted by molar-refractivity contribution is 0.0273. The SMILES string of the molecule is CC(C)(O)C(NC(=O)c1cnc2n1CCCCC2)C1CC1. The molecule has 0 radical (unpaired) electrons. The molecule has 5 nitrogen and oxygen atoms in total. The fraction of sp³-hybridized carbons (Fsp3) is 0.750. The summed E-state index contributed by atoms with van der Waals surface area (Å²) in [6.07, 6.45) is 8.24. The molecule has 21 heavy (non-hydrogen) atoms. The molecule has 1 aliphatic carbocycles. The number of fused-ring (bicyclic) bond motifs is 1. The van der Waals surface area contributed by atoms with Crippen LogP contribution in [0.3, 0.4) is 0 Å². The highest BCUT2D eigenvalue weighted by Crippen LogP contribution is 2.37. The lowest BCUT2D eigenvalue weighted by atomic mass is 9.94. The van der Waals surface area contributed by atoms with Crippen molar-refractivity contribution in [3.8, 4) is 0 Å². The number of nitrogens with one attached hydrogen (secondary N) is 1. The van der Waals surface area contributed by atoms with Gasteiger partial charge in [0.05, 0.1) is 17.8 Å². The lowest BCUT2D eigenvalue weighted by Crippen LogP contribution is -2.51. The molecule has 1 unspecified atom stereocenters. The maximum absolute atomic E-state index is 12.6. The van der Waals surface area contributed by atoms with Gasteiger partial charge in [-0.1, -0.05) is 6.42 Å². The van der Waals surface area contributed by atoms with Crippen molar-refractivity contribution in [1.82, 2.24) is 14.9 Å². The van der Waals surface area contributed by atoms with Gasteiger partial charge in [-0.2, -0.15) is 0 Å². The van der Waals surface area contributed by atoms with Crippen LogP contribution in [0.2, 0.25) is 0 Å². The van der Waals surface area contributed by atoms with Crippen LogP contribution in [0.1, 0.15) is 62.3 Å². The molecule has 1 aromatic heterocycles. The van der Waals surface area contributed by atoms with Crippen LogP contribution >= 0.6 is 0 Å². The maximum atomic E-state index is 12.6. The number of nitrogens with zero attached hydrogens (tertiary/aromatic N) is 2. The third-order valence-corrected chi connectivity index (χ3v) is 4.59. The standard InChI is InChI=1S/C16H25N3O2/c1-16(2,21)14(11-7-8-11)18-15(20)12-10-17-13-6-4-3-5-9-19(12)13/h10-11,14,21H,3-9H2,1-2H3,(H,18,20). The average Bonchev–Trinajstić information content (AvgIpc) is 3.19. The van der Waals surface area contributed by atoms with Crippen molar-refractivity contribution in [2.75, 3.05) is 0 Å². The van der Waals surface area contributed by atoms with Crippen molar-refractivity contribution in [2.45, 2.75) is 70.6 Å². The van der Waals surface area contributed by atoms with Crippen molar-refractivity contribution in [2.24, 2.45) is 5.92 Å². The molecule has 0 saturated heterocycles. The molecule has 1 saturated carbocycles.